The maximum Gasteiger partial charge on any atom is 0.358 e. The standard InChI is InChI=1S/C15H18N4O4/c1-3-6-23-11-4-5-12(10(2)7-11)16-14(20)9-19-8-13(15(21)22)17-18-19/h4-5,7-8H,3,6,9H2,1-2H3,(H,16,20)(H,21,22). The Hall–Kier alpha value is -2.90. The van der Waals surface area contributed by atoms with E-state index in [9.17, 15) is 9.59 Å². The highest BCUT2D eigenvalue weighted by molar-refractivity contribution is 5.91. The van der Waals surface area contributed by atoms with Gasteiger partial charge in [0.05, 0.1) is 12.8 Å². The summed E-state index contributed by atoms with van der Waals surface area (Å²) in [7, 11) is 0. The van der Waals surface area contributed by atoms with Crippen LogP contribution < -0.4 is 10.1 Å². The van der Waals surface area contributed by atoms with Crippen LogP contribution in [0.2, 0.25) is 0 Å². The van der Waals surface area contributed by atoms with Crippen molar-refractivity contribution in [1.82, 2.24) is 15.0 Å². The molecule has 2 N–H and O–H groups in total. The van der Waals surface area contributed by atoms with Gasteiger partial charge in [-0.15, -0.1) is 5.10 Å². The first-order valence-corrected chi connectivity index (χ1v) is 7.16. The van der Waals surface area contributed by atoms with Gasteiger partial charge in [-0.3, -0.25) is 4.79 Å². The summed E-state index contributed by atoms with van der Waals surface area (Å²) in [4.78, 5) is 22.7. The van der Waals surface area contributed by atoms with Crippen LogP contribution >= 0.6 is 0 Å². The van der Waals surface area contributed by atoms with Gasteiger partial charge in [0.1, 0.15) is 12.3 Å². The number of nitrogens with zero attached hydrogens (tertiary/aromatic N) is 3. The van der Waals surface area contributed by atoms with Gasteiger partial charge >= 0.3 is 5.97 Å². The van der Waals surface area contributed by atoms with Crippen LogP contribution in [0.3, 0.4) is 0 Å². The van der Waals surface area contributed by atoms with Crippen molar-refractivity contribution in [2.75, 3.05) is 11.9 Å². The zero-order valence-corrected chi connectivity index (χ0v) is 12.9. The number of carbonyl (C=O) groups excluding carboxylic acids is 1. The smallest absolute Gasteiger partial charge is 0.358 e. The monoisotopic (exact) mass is 318 g/mol. The van der Waals surface area contributed by atoms with E-state index in [4.69, 9.17) is 9.84 Å². The van der Waals surface area contributed by atoms with Gasteiger partial charge in [0.2, 0.25) is 5.91 Å². The van der Waals surface area contributed by atoms with Crippen molar-refractivity contribution in [2.24, 2.45) is 0 Å². The highest BCUT2D eigenvalue weighted by atomic mass is 16.5. The van der Waals surface area contributed by atoms with Gasteiger partial charge in [-0.2, -0.15) is 0 Å². The van der Waals surface area contributed by atoms with Crippen LogP contribution in [0.4, 0.5) is 5.69 Å². The second kappa shape index (κ2) is 7.39. The molecule has 8 heteroatoms. The van der Waals surface area contributed by atoms with Crippen molar-refractivity contribution in [3.05, 3.63) is 35.7 Å². The molecule has 0 saturated carbocycles. The van der Waals surface area contributed by atoms with E-state index in [2.05, 4.69) is 15.6 Å². The molecule has 0 saturated heterocycles. The first-order valence-electron chi connectivity index (χ1n) is 7.16. The maximum absolute atomic E-state index is 12.0. The fraction of sp³-hybridized carbons (Fsp3) is 0.333. The number of aromatic carboxylic acids is 1. The molecule has 0 radical (unpaired) electrons. The molecule has 2 rings (SSSR count). The van der Waals surface area contributed by atoms with Crippen molar-refractivity contribution in [2.45, 2.75) is 26.8 Å². The Kier molecular flexibility index (Phi) is 5.29. The quantitative estimate of drug-likeness (QED) is 0.805. The number of benzene rings is 1. The van der Waals surface area contributed by atoms with E-state index in [1.165, 1.54) is 10.9 Å². The highest BCUT2D eigenvalue weighted by Gasteiger charge is 2.11. The minimum atomic E-state index is -1.19. The topological polar surface area (TPSA) is 106 Å². The third kappa shape index (κ3) is 4.53. The van der Waals surface area contributed by atoms with E-state index in [0.717, 1.165) is 17.7 Å². The molecule has 1 heterocycles. The fourth-order valence-electron chi connectivity index (χ4n) is 1.90. The molecule has 1 aromatic heterocycles. The zero-order valence-electron chi connectivity index (χ0n) is 12.9. The first kappa shape index (κ1) is 16.5. The molecule has 8 nitrogen and oxygen atoms in total. The highest BCUT2D eigenvalue weighted by Crippen LogP contribution is 2.21. The summed E-state index contributed by atoms with van der Waals surface area (Å²) in [5.74, 6) is -0.753. The summed E-state index contributed by atoms with van der Waals surface area (Å²) in [6.07, 6.45) is 2.13. The van der Waals surface area contributed by atoms with Gasteiger partial charge in [-0.25, -0.2) is 9.48 Å². The van der Waals surface area contributed by atoms with Crippen molar-refractivity contribution >= 4 is 17.6 Å². The van der Waals surface area contributed by atoms with E-state index in [1.54, 1.807) is 12.1 Å². The fourth-order valence-corrected chi connectivity index (χ4v) is 1.90. The molecule has 0 unspecified atom stereocenters. The molecule has 23 heavy (non-hydrogen) atoms. The molecular weight excluding hydrogens is 300 g/mol. The van der Waals surface area contributed by atoms with Crippen molar-refractivity contribution in [3.63, 3.8) is 0 Å². The lowest BCUT2D eigenvalue weighted by molar-refractivity contribution is -0.116. The second-order valence-electron chi connectivity index (χ2n) is 4.98. The third-order valence-corrected chi connectivity index (χ3v) is 3.01. The molecular formula is C15H18N4O4. The van der Waals surface area contributed by atoms with E-state index in [-0.39, 0.29) is 18.1 Å². The lowest BCUT2D eigenvalue weighted by atomic mass is 10.2. The molecule has 0 aliphatic rings. The van der Waals surface area contributed by atoms with Crippen LogP contribution in [0.5, 0.6) is 5.75 Å². The Labute approximate surface area is 133 Å². The van der Waals surface area contributed by atoms with Crippen molar-refractivity contribution < 1.29 is 19.4 Å². The van der Waals surface area contributed by atoms with Crippen LogP contribution in [-0.2, 0) is 11.3 Å². The van der Waals surface area contributed by atoms with Gasteiger partial charge in [0.25, 0.3) is 0 Å². The first-order chi connectivity index (χ1) is 11.0. The Morgan fingerprint density at radius 3 is 2.78 bits per heavy atom. The summed E-state index contributed by atoms with van der Waals surface area (Å²) < 4.78 is 6.70. The number of rotatable bonds is 7. The number of ether oxygens (including phenoxy) is 1. The summed E-state index contributed by atoms with van der Waals surface area (Å²) in [5, 5.41) is 18.6. The molecule has 0 fully saturated rings. The predicted molar refractivity (Wildman–Crippen MR) is 82.6 cm³/mol. The summed E-state index contributed by atoms with van der Waals surface area (Å²) in [5.41, 5.74) is 1.33. The summed E-state index contributed by atoms with van der Waals surface area (Å²) >= 11 is 0. The van der Waals surface area contributed by atoms with Crippen LogP contribution in [0.1, 0.15) is 29.4 Å². The number of nitrogens with one attached hydrogen (secondary N) is 1. The van der Waals surface area contributed by atoms with Crippen LogP contribution in [-0.4, -0.2) is 38.6 Å². The van der Waals surface area contributed by atoms with Gasteiger partial charge in [-0.1, -0.05) is 12.1 Å². The second-order valence-corrected chi connectivity index (χ2v) is 4.98. The number of amides is 1. The van der Waals surface area contributed by atoms with Crippen LogP contribution in [0.15, 0.2) is 24.4 Å². The number of carboxylic acids is 1. The number of aromatic nitrogens is 3. The molecule has 0 aliphatic heterocycles. The molecule has 2 aromatic rings. The normalized spacial score (nSPS) is 10.3. The largest absolute Gasteiger partial charge is 0.494 e. The Bertz CT molecular complexity index is 711. The average molecular weight is 318 g/mol. The van der Waals surface area contributed by atoms with Gasteiger partial charge in [0, 0.05) is 5.69 Å². The SMILES string of the molecule is CCCOc1ccc(NC(=O)Cn2cc(C(=O)O)nn2)c(C)c1. The van der Waals surface area contributed by atoms with Gasteiger partial charge in [-0.05, 0) is 37.1 Å². The van der Waals surface area contributed by atoms with Crippen molar-refractivity contribution in [1.29, 1.82) is 0 Å². The Balaban J connectivity index is 1.97. The summed E-state index contributed by atoms with van der Waals surface area (Å²) in [6.45, 7) is 4.42. The van der Waals surface area contributed by atoms with Crippen LogP contribution in [0, 0.1) is 6.92 Å². The van der Waals surface area contributed by atoms with E-state index in [0.29, 0.717) is 12.3 Å². The van der Waals surface area contributed by atoms with E-state index >= 15 is 0 Å². The van der Waals surface area contributed by atoms with E-state index < -0.39 is 5.97 Å². The number of hydrogen-bond donors (Lipinski definition) is 2. The molecule has 0 aliphatic carbocycles. The Morgan fingerprint density at radius 2 is 2.17 bits per heavy atom. The number of carboxylic acid groups (broad SMARTS) is 1. The zero-order chi connectivity index (χ0) is 16.8. The predicted octanol–water partition coefficient (Wildman–Crippen LogP) is 1.71. The lowest BCUT2D eigenvalue weighted by Crippen LogP contribution is -2.19. The van der Waals surface area contributed by atoms with Gasteiger partial charge < -0.3 is 15.2 Å². The average Bonchev–Trinajstić information content (AvgIpc) is 2.96. The number of carbonyl (C=O) groups is 2. The summed E-state index contributed by atoms with van der Waals surface area (Å²) in [6, 6.07) is 5.40. The molecule has 0 atom stereocenters. The lowest BCUT2D eigenvalue weighted by Gasteiger charge is -2.11. The van der Waals surface area contributed by atoms with Gasteiger partial charge in [0.15, 0.2) is 5.69 Å². The number of aryl methyl sites for hydroxylation is 1. The molecule has 0 spiro atoms. The number of hydrogen-bond acceptors (Lipinski definition) is 5. The van der Waals surface area contributed by atoms with Crippen LogP contribution in [0.25, 0.3) is 0 Å². The maximum atomic E-state index is 12.0. The molecule has 1 amide bonds. The Morgan fingerprint density at radius 1 is 1.39 bits per heavy atom. The molecule has 0 bridgehead atoms. The molecule has 122 valence electrons. The van der Waals surface area contributed by atoms with E-state index in [1.807, 2.05) is 19.9 Å². The minimum Gasteiger partial charge on any atom is -0.494 e. The number of anilines is 1. The van der Waals surface area contributed by atoms with Crippen molar-refractivity contribution in [3.8, 4) is 5.75 Å². The molecule has 1 aromatic carbocycles. The third-order valence-electron chi connectivity index (χ3n) is 3.01. The minimum absolute atomic E-state index is 0.117.